The Bertz CT molecular complexity index is 952. The van der Waals surface area contributed by atoms with Crippen LogP contribution in [0.3, 0.4) is 0 Å². The van der Waals surface area contributed by atoms with Crippen molar-refractivity contribution in [2.45, 2.75) is 51.1 Å². The Hall–Kier alpha value is -2.19. The number of esters is 1. The number of hydrogen-bond acceptors (Lipinski definition) is 7. The first-order chi connectivity index (χ1) is 12.8. The molecule has 27 heavy (non-hydrogen) atoms. The Morgan fingerprint density at radius 3 is 2.96 bits per heavy atom. The highest BCUT2D eigenvalue weighted by Gasteiger charge is 2.28. The molecule has 0 amide bonds. The van der Waals surface area contributed by atoms with Gasteiger partial charge in [0.05, 0.1) is 35.6 Å². The van der Waals surface area contributed by atoms with Gasteiger partial charge in [-0.05, 0) is 26.8 Å². The van der Waals surface area contributed by atoms with Gasteiger partial charge in [-0.25, -0.2) is 9.97 Å². The number of allylic oxidation sites excluding steroid dienone is 1. The minimum Gasteiger partial charge on any atom is -0.465 e. The number of carbonyl (C=O) groups is 1. The van der Waals surface area contributed by atoms with E-state index in [2.05, 4.69) is 16.5 Å². The molecule has 0 spiro atoms. The molecule has 0 saturated heterocycles. The highest BCUT2D eigenvalue weighted by atomic mass is 32.2. The molecule has 0 radical (unpaired) electrons. The maximum atomic E-state index is 13.0. The van der Waals surface area contributed by atoms with Crippen molar-refractivity contribution in [1.29, 1.82) is 0 Å². The lowest BCUT2D eigenvalue weighted by atomic mass is 9.95. The van der Waals surface area contributed by atoms with E-state index in [1.807, 2.05) is 19.9 Å². The molecule has 0 aliphatic carbocycles. The van der Waals surface area contributed by atoms with E-state index in [0.717, 1.165) is 11.3 Å². The van der Waals surface area contributed by atoms with Crippen LogP contribution in [0.2, 0.25) is 0 Å². The van der Waals surface area contributed by atoms with Crippen molar-refractivity contribution in [3.05, 3.63) is 40.3 Å². The SMILES string of the molecule is C=CCn1c(SCC(=O)OCC)nc2nc3c(cc2c1=O)COC(C)(C)C3. The lowest BCUT2D eigenvalue weighted by Crippen LogP contribution is -2.33. The molecule has 0 fully saturated rings. The van der Waals surface area contributed by atoms with E-state index < -0.39 is 0 Å². The molecule has 8 heteroatoms. The molecule has 0 unspecified atom stereocenters. The maximum absolute atomic E-state index is 13.0. The highest BCUT2D eigenvalue weighted by Crippen LogP contribution is 2.28. The summed E-state index contributed by atoms with van der Waals surface area (Å²) in [6, 6.07) is 1.82. The zero-order valence-corrected chi connectivity index (χ0v) is 16.6. The first kappa shape index (κ1) is 19.6. The first-order valence-electron chi connectivity index (χ1n) is 8.81. The minimum atomic E-state index is -0.348. The molecule has 0 bridgehead atoms. The van der Waals surface area contributed by atoms with Crippen molar-refractivity contribution in [2.75, 3.05) is 12.4 Å². The summed E-state index contributed by atoms with van der Waals surface area (Å²) in [6.45, 7) is 10.5. The number of fused-ring (bicyclic) bond motifs is 2. The van der Waals surface area contributed by atoms with Crippen LogP contribution in [0.1, 0.15) is 32.0 Å². The smallest absolute Gasteiger partial charge is 0.316 e. The number of carbonyl (C=O) groups excluding carboxylic acids is 1. The van der Waals surface area contributed by atoms with Crippen molar-refractivity contribution in [3.8, 4) is 0 Å². The summed E-state index contributed by atoms with van der Waals surface area (Å²) >= 11 is 1.17. The van der Waals surface area contributed by atoms with Gasteiger partial charge in [0.15, 0.2) is 10.8 Å². The minimum absolute atomic E-state index is 0.0781. The second kappa shape index (κ2) is 7.82. The standard InChI is InChI=1S/C19H23N3O4S/c1-5-7-22-17(24)13-8-12-10-26-19(3,4)9-14(12)20-16(13)21-18(22)27-11-15(23)25-6-2/h5,8H,1,6-7,9-11H2,2-4H3. The van der Waals surface area contributed by atoms with Crippen LogP contribution in [-0.2, 0) is 33.8 Å². The van der Waals surface area contributed by atoms with Crippen LogP contribution in [0, 0.1) is 0 Å². The van der Waals surface area contributed by atoms with Crippen molar-refractivity contribution >= 4 is 28.8 Å². The van der Waals surface area contributed by atoms with Crippen molar-refractivity contribution in [3.63, 3.8) is 0 Å². The lowest BCUT2D eigenvalue weighted by Gasteiger charge is -2.31. The van der Waals surface area contributed by atoms with Crippen LogP contribution in [-0.4, -0.2) is 38.5 Å². The van der Waals surface area contributed by atoms with E-state index >= 15 is 0 Å². The zero-order chi connectivity index (χ0) is 19.6. The molecule has 0 atom stereocenters. The Morgan fingerprint density at radius 1 is 1.48 bits per heavy atom. The number of nitrogens with zero attached hydrogens (tertiary/aromatic N) is 3. The summed E-state index contributed by atoms with van der Waals surface area (Å²) in [5, 5.41) is 0.874. The molecular weight excluding hydrogens is 366 g/mol. The fraction of sp³-hybridized carbons (Fsp3) is 0.474. The number of hydrogen-bond donors (Lipinski definition) is 0. The van der Waals surface area contributed by atoms with Crippen LogP contribution in [0.4, 0.5) is 0 Å². The molecule has 1 aliphatic heterocycles. The van der Waals surface area contributed by atoms with E-state index in [-0.39, 0.29) is 22.9 Å². The van der Waals surface area contributed by atoms with E-state index in [1.54, 1.807) is 13.0 Å². The second-order valence-corrected chi connectivity index (χ2v) is 7.83. The van der Waals surface area contributed by atoms with Crippen LogP contribution in [0.25, 0.3) is 11.0 Å². The van der Waals surface area contributed by atoms with Crippen LogP contribution < -0.4 is 5.56 Å². The molecule has 3 heterocycles. The third kappa shape index (κ3) is 4.22. The molecule has 2 aromatic heterocycles. The summed E-state index contributed by atoms with van der Waals surface area (Å²) in [5.74, 6) is -0.270. The predicted molar refractivity (Wildman–Crippen MR) is 104 cm³/mol. The summed E-state index contributed by atoms with van der Waals surface area (Å²) in [6.07, 6.45) is 2.28. The molecular formula is C19H23N3O4S. The van der Waals surface area contributed by atoms with Crippen molar-refractivity contribution in [1.82, 2.24) is 14.5 Å². The Labute approximate surface area is 161 Å². The Morgan fingerprint density at radius 2 is 2.26 bits per heavy atom. The van der Waals surface area contributed by atoms with Gasteiger partial charge >= 0.3 is 5.97 Å². The van der Waals surface area contributed by atoms with E-state index in [0.29, 0.717) is 42.4 Å². The summed E-state index contributed by atoms with van der Waals surface area (Å²) in [5.41, 5.74) is 1.70. The second-order valence-electron chi connectivity index (χ2n) is 6.88. The first-order valence-corrected chi connectivity index (χ1v) is 9.80. The van der Waals surface area contributed by atoms with Gasteiger partial charge in [-0.3, -0.25) is 14.2 Å². The largest absolute Gasteiger partial charge is 0.465 e. The maximum Gasteiger partial charge on any atom is 0.316 e. The predicted octanol–water partition coefficient (Wildman–Crippen LogP) is 2.48. The van der Waals surface area contributed by atoms with Gasteiger partial charge in [-0.15, -0.1) is 6.58 Å². The van der Waals surface area contributed by atoms with Crippen LogP contribution in [0.5, 0.6) is 0 Å². The molecule has 2 aromatic rings. The van der Waals surface area contributed by atoms with Gasteiger partial charge in [-0.1, -0.05) is 17.8 Å². The molecule has 3 rings (SSSR count). The number of ether oxygens (including phenoxy) is 2. The van der Waals surface area contributed by atoms with Crippen molar-refractivity contribution in [2.24, 2.45) is 0 Å². The monoisotopic (exact) mass is 389 g/mol. The summed E-state index contributed by atoms with van der Waals surface area (Å²) in [4.78, 5) is 33.9. The molecule has 0 aromatic carbocycles. The average molecular weight is 389 g/mol. The molecule has 7 nitrogen and oxygen atoms in total. The fourth-order valence-corrected chi connectivity index (χ4v) is 3.73. The van der Waals surface area contributed by atoms with E-state index in [4.69, 9.17) is 9.47 Å². The summed E-state index contributed by atoms with van der Waals surface area (Å²) < 4.78 is 12.3. The normalized spacial score (nSPS) is 15.4. The van der Waals surface area contributed by atoms with Gasteiger partial charge in [0.1, 0.15) is 0 Å². The quantitative estimate of drug-likeness (QED) is 0.325. The average Bonchev–Trinajstić information content (AvgIpc) is 2.61. The van der Waals surface area contributed by atoms with Gasteiger partial charge < -0.3 is 9.47 Å². The molecule has 0 saturated carbocycles. The van der Waals surface area contributed by atoms with Crippen LogP contribution in [0.15, 0.2) is 28.7 Å². The van der Waals surface area contributed by atoms with Gasteiger partial charge in [-0.2, -0.15) is 0 Å². The van der Waals surface area contributed by atoms with Gasteiger partial charge in [0, 0.05) is 18.5 Å². The van der Waals surface area contributed by atoms with Gasteiger partial charge in [0.25, 0.3) is 5.56 Å². The zero-order valence-electron chi connectivity index (χ0n) is 15.8. The van der Waals surface area contributed by atoms with Crippen molar-refractivity contribution < 1.29 is 14.3 Å². The fourth-order valence-electron chi connectivity index (χ4n) is 2.94. The molecule has 0 N–H and O–H groups in total. The van der Waals surface area contributed by atoms with Crippen LogP contribution >= 0.6 is 11.8 Å². The van der Waals surface area contributed by atoms with E-state index in [9.17, 15) is 9.59 Å². The number of pyridine rings is 1. The lowest BCUT2D eigenvalue weighted by molar-refractivity contribution is -0.139. The number of rotatable bonds is 6. The highest BCUT2D eigenvalue weighted by molar-refractivity contribution is 7.99. The number of aromatic nitrogens is 3. The molecule has 1 aliphatic rings. The topological polar surface area (TPSA) is 83.3 Å². The molecule has 144 valence electrons. The third-order valence-electron chi connectivity index (χ3n) is 4.23. The van der Waals surface area contributed by atoms with E-state index in [1.165, 1.54) is 16.3 Å². The Kier molecular flexibility index (Phi) is 5.67. The third-order valence-corrected chi connectivity index (χ3v) is 5.18. The number of thioether (sulfide) groups is 1. The van der Waals surface area contributed by atoms with Gasteiger partial charge in [0.2, 0.25) is 0 Å². The Balaban J connectivity index is 2.06. The summed E-state index contributed by atoms with van der Waals surface area (Å²) in [7, 11) is 0.